The van der Waals surface area contributed by atoms with Crippen molar-refractivity contribution in [1.82, 2.24) is 20.9 Å². The predicted molar refractivity (Wildman–Crippen MR) is 73.3 cm³/mol. The standard InChI is InChI=1S/C14H15FN4O3/c15-9-3-4-10(16-7-9)11(20)17-6-8-2-1-5-14(8)12(21)18-13(22)19-14/h3-4,7-8H,1-2,5-6H2,(H,17,20)(H2,18,19,21,22)/t8-,14-/m0/s1. The van der Waals surface area contributed by atoms with Gasteiger partial charge in [-0.2, -0.15) is 0 Å². The fraction of sp³-hybridized carbons (Fsp3) is 0.429. The highest BCUT2D eigenvalue weighted by atomic mass is 19.1. The van der Waals surface area contributed by atoms with Gasteiger partial charge in [-0.25, -0.2) is 14.2 Å². The SMILES string of the molecule is O=C1NC(=O)[C@@]2(CCC[C@H]2CNC(=O)c2ccc(F)cn2)N1. The molecule has 4 amide bonds. The average Bonchev–Trinajstić information content (AvgIpc) is 3.01. The number of urea groups is 1. The Labute approximate surface area is 125 Å². The summed E-state index contributed by atoms with van der Waals surface area (Å²) in [4.78, 5) is 39.1. The Hall–Kier alpha value is -2.51. The van der Waals surface area contributed by atoms with Gasteiger partial charge < -0.3 is 10.6 Å². The monoisotopic (exact) mass is 306 g/mol. The molecule has 1 saturated carbocycles. The van der Waals surface area contributed by atoms with E-state index in [0.717, 1.165) is 25.1 Å². The van der Waals surface area contributed by atoms with Crippen molar-refractivity contribution in [2.24, 2.45) is 5.92 Å². The lowest BCUT2D eigenvalue weighted by atomic mass is 9.87. The second kappa shape index (κ2) is 5.36. The third-order valence-electron chi connectivity index (χ3n) is 4.26. The van der Waals surface area contributed by atoms with Crippen LogP contribution in [0.4, 0.5) is 9.18 Å². The van der Waals surface area contributed by atoms with Gasteiger partial charge in [0.05, 0.1) is 6.20 Å². The molecule has 0 radical (unpaired) electrons. The molecule has 0 bridgehead atoms. The highest BCUT2D eigenvalue weighted by molar-refractivity contribution is 6.07. The second-order valence-electron chi connectivity index (χ2n) is 5.54. The number of carbonyl (C=O) groups excluding carboxylic acids is 3. The molecule has 1 saturated heterocycles. The number of pyridine rings is 1. The Balaban J connectivity index is 1.66. The van der Waals surface area contributed by atoms with Gasteiger partial charge in [0.2, 0.25) is 0 Å². The fourth-order valence-electron chi connectivity index (χ4n) is 3.14. The summed E-state index contributed by atoms with van der Waals surface area (Å²) in [6.07, 6.45) is 3.05. The minimum absolute atomic E-state index is 0.105. The quantitative estimate of drug-likeness (QED) is 0.701. The summed E-state index contributed by atoms with van der Waals surface area (Å²) in [5, 5.41) is 7.63. The maximum atomic E-state index is 12.8. The molecule has 116 valence electrons. The molecule has 7 nitrogen and oxygen atoms in total. The largest absolute Gasteiger partial charge is 0.350 e. The second-order valence-corrected chi connectivity index (χ2v) is 5.54. The van der Waals surface area contributed by atoms with Crippen molar-refractivity contribution in [1.29, 1.82) is 0 Å². The van der Waals surface area contributed by atoms with Gasteiger partial charge in [-0.1, -0.05) is 6.42 Å². The molecule has 2 heterocycles. The zero-order valence-electron chi connectivity index (χ0n) is 11.7. The predicted octanol–water partition coefficient (Wildman–Crippen LogP) is 0.329. The lowest BCUT2D eigenvalue weighted by molar-refractivity contribution is -0.125. The third kappa shape index (κ3) is 2.40. The molecule has 2 atom stereocenters. The smallest absolute Gasteiger partial charge is 0.322 e. The van der Waals surface area contributed by atoms with Crippen molar-refractivity contribution in [3.63, 3.8) is 0 Å². The number of carbonyl (C=O) groups is 3. The number of nitrogens with one attached hydrogen (secondary N) is 3. The van der Waals surface area contributed by atoms with E-state index in [2.05, 4.69) is 20.9 Å². The molecule has 1 aliphatic heterocycles. The molecule has 1 aromatic rings. The fourth-order valence-corrected chi connectivity index (χ4v) is 3.14. The van der Waals surface area contributed by atoms with E-state index in [-0.39, 0.29) is 24.1 Å². The number of amides is 4. The van der Waals surface area contributed by atoms with Crippen LogP contribution in [0.1, 0.15) is 29.8 Å². The maximum absolute atomic E-state index is 12.8. The first-order valence-corrected chi connectivity index (χ1v) is 7.04. The normalized spacial score (nSPS) is 26.9. The Morgan fingerprint density at radius 3 is 2.91 bits per heavy atom. The summed E-state index contributed by atoms with van der Waals surface area (Å²) in [6.45, 7) is 0.242. The Morgan fingerprint density at radius 2 is 2.27 bits per heavy atom. The highest BCUT2D eigenvalue weighted by Crippen LogP contribution is 2.37. The number of imide groups is 1. The number of hydrogen-bond donors (Lipinski definition) is 3. The summed E-state index contributed by atoms with van der Waals surface area (Å²) < 4.78 is 12.8. The number of aromatic nitrogens is 1. The first kappa shape index (κ1) is 14.4. The molecular formula is C14H15FN4O3. The molecule has 22 heavy (non-hydrogen) atoms. The van der Waals surface area contributed by atoms with E-state index in [0.29, 0.717) is 6.42 Å². The van der Waals surface area contributed by atoms with Gasteiger partial charge in [0.1, 0.15) is 17.1 Å². The molecule has 0 unspecified atom stereocenters. The van der Waals surface area contributed by atoms with E-state index in [4.69, 9.17) is 0 Å². The molecular weight excluding hydrogens is 291 g/mol. The van der Waals surface area contributed by atoms with Crippen molar-refractivity contribution in [2.45, 2.75) is 24.8 Å². The third-order valence-corrected chi connectivity index (χ3v) is 4.26. The molecule has 1 aromatic heterocycles. The molecule has 2 fully saturated rings. The zero-order chi connectivity index (χ0) is 15.7. The van der Waals surface area contributed by atoms with E-state index >= 15 is 0 Å². The van der Waals surface area contributed by atoms with Gasteiger partial charge in [0, 0.05) is 12.5 Å². The van der Waals surface area contributed by atoms with E-state index in [1.54, 1.807) is 0 Å². The average molecular weight is 306 g/mol. The molecule has 3 N–H and O–H groups in total. The van der Waals surface area contributed by atoms with E-state index in [1.807, 2.05) is 0 Å². The van der Waals surface area contributed by atoms with Crippen molar-refractivity contribution < 1.29 is 18.8 Å². The zero-order valence-corrected chi connectivity index (χ0v) is 11.7. The van der Waals surface area contributed by atoms with Crippen LogP contribution in [0.3, 0.4) is 0 Å². The van der Waals surface area contributed by atoms with Gasteiger partial charge in [-0.05, 0) is 25.0 Å². The van der Waals surface area contributed by atoms with Gasteiger partial charge >= 0.3 is 6.03 Å². The Morgan fingerprint density at radius 1 is 1.45 bits per heavy atom. The van der Waals surface area contributed by atoms with Crippen LogP contribution >= 0.6 is 0 Å². The first-order valence-electron chi connectivity index (χ1n) is 7.04. The Kier molecular flexibility index (Phi) is 3.51. The van der Waals surface area contributed by atoms with Crippen LogP contribution < -0.4 is 16.0 Å². The summed E-state index contributed by atoms with van der Waals surface area (Å²) in [5.41, 5.74) is -0.825. The van der Waals surface area contributed by atoms with Gasteiger partial charge in [0.25, 0.3) is 11.8 Å². The highest BCUT2D eigenvalue weighted by Gasteiger charge is 2.54. The van der Waals surface area contributed by atoms with Crippen LogP contribution in [-0.2, 0) is 4.79 Å². The van der Waals surface area contributed by atoms with Crippen LogP contribution in [0.15, 0.2) is 18.3 Å². The van der Waals surface area contributed by atoms with Gasteiger partial charge in [0.15, 0.2) is 0 Å². The van der Waals surface area contributed by atoms with Crippen molar-refractivity contribution in [2.75, 3.05) is 6.54 Å². The number of hydrogen-bond acceptors (Lipinski definition) is 4. The lowest BCUT2D eigenvalue weighted by Gasteiger charge is -2.28. The van der Waals surface area contributed by atoms with Gasteiger partial charge in [-0.3, -0.25) is 14.9 Å². The van der Waals surface area contributed by atoms with Crippen LogP contribution in [0.5, 0.6) is 0 Å². The van der Waals surface area contributed by atoms with Crippen LogP contribution in [-0.4, -0.2) is 34.9 Å². The Bertz CT molecular complexity index is 633. The molecule has 3 rings (SSSR count). The topological polar surface area (TPSA) is 100 Å². The first-order chi connectivity index (χ1) is 10.5. The molecule has 2 aliphatic rings. The number of halogens is 1. The molecule has 0 aromatic carbocycles. The summed E-state index contributed by atoms with van der Waals surface area (Å²) >= 11 is 0. The summed E-state index contributed by atoms with van der Waals surface area (Å²) in [7, 11) is 0. The molecule has 1 spiro atoms. The van der Waals surface area contributed by atoms with Crippen molar-refractivity contribution in [3.8, 4) is 0 Å². The summed E-state index contributed by atoms with van der Waals surface area (Å²) in [6, 6.07) is 1.95. The van der Waals surface area contributed by atoms with Gasteiger partial charge in [-0.15, -0.1) is 0 Å². The summed E-state index contributed by atoms with van der Waals surface area (Å²) in [5.74, 6) is -1.47. The minimum atomic E-state index is -0.930. The van der Waals surface area contributed by atoms with Crippen LogP contribution in [0.25, 0.3) is 0 Å². The van der Waals surface area contributed by atoms with Crippen molar-refractivity contribution in [3.05, 3.63) is 29.8 Å². The molecule has 8 heteroatoms. The van der Waals surface area contributed by atoms with E-state index in [9.17, 15) is 18.8 Å². The van der Waals surface area contributed by atoms with Crippen LogP contribution in [0, 0.1) is 11.7 Å². The van der Waals surface area contributed by atoms with E-state index in [1.165, 1.54) is 6.07 Å². The lowest BCUT2D eigenvalue weighted by Crippen LogP contribution is -2.53. The maximum Gasteiger partial charge on any atom is 0.322 e. The van der Waals surface area contributed by atoms with E-state index < -0.39 is 23.3 Å². The van der Waals surface area contributed by atoms with Crippen LogP contribution in [0.2, 0.25) is 0 Å². The van der Waals surface area contributed by atoms with Crippen molar-refractivity contribution >= 4 is 17.8 Å². The molecule has 1 aliphatic carbocycles. The number of rotatable bonds is 3. The minimum Gasteiger partial charge on any atom is -0.350 e. The number of nitrogens with zero attached hydrogens (tertiary/aromatic N) is 1.